The van der Waals surface area contributed by atoms with Gasteiger partial charge in [0.2, 0.25) is 12.1 Å². The highest BCUT2D eigenvalue weighted by molar-refractivity contribution is 6.26. The highest BCUT2D eigenvalue weighted by Gasteiger charge is 2.45. The van der Waals surface area contributed by atoms with Crippen molar-refractivity contribution >= 4 is 29.8 Å². The summed E-state index contributed by atoms with van der Waals surface area (Å²) in [6.07, 6.45) is -5.09. The normalized spacial score (nSPS) is 17.2. The fourth-order valence-corrected chi connectivity index (χ4v) is 1.08. The van der Waals surface area contributed by atoms with E-state index in [2.05, 4.69) is 9.47 Å². The van der Waals surface area contributed by atoms with Crippen LogP contribution in [0.15, 0.2) is 0 Å². The lowest BCUT2D eigenvalue weighted by atomic mass is 10.1. The Hall–Kier alpha value is -1.22. The Labute approximate surface area is 107 Å². The first-order valence-corrected chi connectivity index (χ1v) is 5.27. The van der Waals surface area contributed by atoms with E-state index in [1.807, 2.05) is 0 Å². The zero-order valence-electron chi connectivity index (χ0n) is 9.41. The Balaban J connectivity index is 4.89. The lowest BCUT2D eigenvalue weighted by Gasteiger charge is -2.32. The van der Waals surface area contributed by atoms with Crippen molar-refractivity contribution in [1.82, 2.24) is 0 Å². The largest absolute Gasteiger partial charge is 0.433 e. The summed E-state index contributed by atoms with van der Waals surface area (Å²) in [5.74, 6) is -5.45. The lowest BCUT2D eigenvalue weighted by molar-refractivity contribution is -0.287. The van der Waals surface area contributed by atoms with Crippen LogP contribution in [0.5, 0.6) is 0 Å². The second kappa shape index (κ2) is 7.27. The summed E-state index contributed by atoms with van der Waals surface area (Å²) < 4.78 is 8.53. The van der Waals surface area contributed by atoms with Gasteiger partial charge in [-0.2, -0.15) is 0 Å². The maximum Gasteiger partial charge on any atom is 0.323 e. The topological polar surface area (TPSA) is 130 Å². The van der Waals surface area contributed by atoms with Gasteiger partial charge < -0.3 is 29.6 Å². The number of carbonyl (C=O) groups excluding carboxylic acids is 3. The monoisotopic (exact) mass is 284 g/mol. The van der Waals surface area contributed by atoms with Crippen molar-refractivity contribution in [2.75, 3.05) is 5.88 Å². The molecule has 0 rings (SSSR count). The molecule has 0 amide bonds. The first-order chi connectivity index (χ1) is 8.26. The van der Waals surface area contributed by atoms with E-state index >= 15 is 0 Å². The SMILES string of the molecule is CC(=O)OC(O)C(O)C(O)(CC=O)OC(=O)CCl. The minimum atomic E-state index is -2.73. The van der Waals surface area contributed by atoms with Gasteiger partial charge in [-0.15, -0.1) is 11.6 Å². The van der Waals surface area contributed by atoms with Crippen molar-refractivity contribution in [3.8, 4) is 0 Å². The van der Waals surface area contributed by atoms with Gasteiger partial charge in [-0.25, -0.2) is 0 Å². The van der Waals surface area contributed by atoms with Crippen molar-refractivity contribution in [1.29, 1.82) is 0 Å². The molecule has 8 nitrogen and oxygen atoms in total. The van der Waals surface area contributed by atoms with E-state index in [0.717, 1.165) is 6.92 Å². The Morgan fingerprint density at radius 1 is 1.44 bits per heavy atom. The summed E-state index contributed by atoms with van der Waals surface area (Å²) in [7, 11) is 0. The van der Waals surface area contributed by atoms with E-state index < -0.39 is 42.4 Å². The van der Waals surface area contributed by atoms with Crippen LogP contribution in [0.4, 0.5) is 0 Å². The van der Waals surface area contributed by atoms with Crippen LogP contribution in [-0.4, -0.2) is 57.6 Å². The molecule has 0 aromatic carbocycles. The van der Waals surface area contributed by atoms with Crippen molar-refractivity contribution in [3.63, 3.8) is 0 Å². The molecule has 0 radical (unpaired) electrons. The molecular formula is C9H13ClO8. The number of aliphatic hydroxyl groups excluding tert-OH is 2. The van der Waals surface area contributed by atoms with E-state index in [-0.39, 0.29) is 6.29 Å². The number of aldehydes is 1. The van der Waals surface area contributed by atoms with Gasteiger partial charge >= 0.3 is 11.9 Å². The Morgan fingerprint density at radius 3 is 2.39 bits per heavy atom. The number of esters is 2. The van der Waals surface area contributed by atoms with Gasteiger partial charge in [-0.1, -0.05) is 0 Å². The minimum absolute atomic E-state index is 0.144. The number of halogens is 1. The molecule has 18 heavy (non-hydrogen) atoms. The predicted molar refractivity (Wildman–Crippen MR) is 56.2 cm³/mol. The number of hydrogen-bond acceptors (Lipinski definition) is 8. The van der Waals surface area contributed by atoms with Gasteiger partial charge in [0.05, 0.1) is 6.42 Å². The second-order valence-electron chi connectivity index (χ2n) is 3.27. The molecule has 0 spiro atoms. The second-order valence-corrected chi connectivity index (χ2v) is 3.54. The Bertz CT molecular complexity index is 320. The average Bonchev–Trinajstić information content (AvgIpc) is 2.27. The summed E-state index contributed by atoms with van der Waals surface area (Å²) in [6, 6.07) is 0. The van der Waals surface area contributed by atoms with E-state index in [9.17, 15) is 29.7 Å². The van der Waals surface area contributed by atoms with Crippen molar-refractivity contribution < 1.29 is 39.2 Å². The summed E-state index contributed by atoms with van der Waals surface area (Å²) in [6.45, 7) is 0.944. The van der Waals surface area contributed by atoms with Gasteiger partial charge in [-0.05, 0) is 0 Å². The molecule has 0 bridgehead atoms. The van der Waals surface area contributed by atoms with Crippen LogP contribution in [0.2, 0.25) is 0 Å². The van der Waals surface area contributed by atoms with Crippen LogP contribution in [0.3, 0.4) is 0 Å². The number of carbonyl (C=O) groups is 3. The molecular weight excluding hydrogens is 272 g/mol. The number of alkyl halides is 1. The van der Waals surface area contributed by atoms with Gasteiger partial charge in [0.25, 0.3) is 0 Å². The summed E-state index contributed by atoms with van der Waals surface area (Å²) in [4.78, 5) is 31.8. The molecule has 0 fully saturated rings. The summed E-state index contributed by atoms with van der Waals surface area (Å²) in [5.41, 5.74) is 0. The van der Waals surface area contributed by atoms with Gasteiger partial charge in [0.15, 0.2) is 6.10 Å². The number of ether oxygens (including phenoxy) is 2. The standard InChI is InChI=1S/C9H13ClO8/c1-5(12)17-8(15)7(14)9(16,2-3-11)18-6(13)4-10/h3,7-8,14-16H,2,4H2,1H3. The van der Waals surface area contributed by atoms with Crippen LogP contribution >= 0.6 is 11.6 Å². The van der Waals surface area contributed by atoms with Crippen molar-refractivity contribution in [2.24, 2.45) is 0 Å². The maximum absolute atomic E-state index is 10.9. The smallest absolute Gasteiger partial charge is 0.323 e. The van der Waals surface area contributed by atoms with Gasteiger partial charge in [0.1, 0.15) is 12.2 Å². The van der Waals surface area contributed by atoms with E-state index in [0.29, 0.717) is 0 Å². The molecule has 3 atom stereocenters. The van der Waals surface area contributed by atoms with Crippen molar-refractivity contribution in [2.45, 2.75) is 31.5 Å². The third kappa shape index (κ3) is 4.96. The minimum Gasteiger partial charge on any atom is -0.433 e. The van der Waals surface area contributed by atoms with Crippen molar-refractivity contribution in [3.05, 3.63) is 0 Å². The molecule has 0 heterocycles. The van der Waals surface area contributed by atoms with Crippen LogP contribution in [0.1, 0.15) is 13.3 Å². The third-order valence-electron chi connectivity index (χ3n) is 1.79. The average molecular weight is 285 g/mol. The van der Waals surface area contributed by atoms with E-state index in [1.165, 1.54) is 0 Å². The maximum atomic E-state index is 10.9. The molecule has 0 aromatic heterocycles. The fraction of sp³-hybridized carbons (Fsp3) is 0.667. The Morgan fingerprint density at radius 2 is 2.00 bits per heavy atom. The lowest BCUT2D eigenvalue weighted by Crippen LogP contribution is -2.53. The first-order valence-electron chi connectivity index (χ1n) is 4.74. The number of hydrogen-bond donors (Lipinski definition) is 3. The molecule has 3 unspecified atom stereocenters. The quantitative estimate of drug-likeness (QED) is 0.218. The van der Waals surface area contributed by atoms with Crippen LogP contribution in [0, 0.1) is 0 Å². The van der Waals surface area contributed by atoms with Crippen LogP contribution in [-0.2, 0) is 23.9 Å². The van der Waals surface area contributed by atoms with Crippen LogP contribution in [0.25, 0.3) is 0 Å². The molecule has 0 aliphatic heterocycles. The van der Waals surface area contributed by atoms with Crippen LogP contribution < -0.4 is 0 Å². The molecule has 0 aliphatic carbocycles. The summed E-state index contributed by atoms with van der Waals surface area (Å²) >= 11 is 5.12. The molecule has 0 saturated carbocycles. The highest BCUT2D eigenvalue weighted by atomic mass is 35.5. The number of rotatable bonds is 7. The molecule has 0 saturated heterocycles. The summed E-state index contributed by atoms with van der Waals surface area (Å²) in [5, 5.41) is 28.5. The van der Waals surface area contributed by atoms with Gasteiger partial charge in [-0.3, -0.25) is 9.59 Å². The third-order valence-corrected chi connectivity index (χ3v) is 2.01. The zero-order chi connectivity index (χ0) is 14.3. The predicted octanol–water partition coefficient (Wildman–Crippen LogP) is -1.71. The fourth-order valence-electron chi connectivity index (χ4n) is 1.02. The van der Waals surface area contributed by atoms with E-state index in [1.54, 1.807) is 0 Å². The molecule has 104 valence electrons. The molecule has 3 N–H and O–H groups in total. The number of aliphatic hydroxyl groups is 3. The Kier molecular flexibility index (Phi) is 6.77. The van der Waals surface area contributed by atoms with Gasteiger partial charge in [0, 0.05) is 6.92 Å². The van der Waals surface area contributed by atoms with E-state index in [4.69, 9.17) is 11.6 Å². The zero-order valence-corrected chi connectivity index (χ0v) is 10.2. The first kappa shape index (κ1) is 16.8. The molecule has 9 heteroatoms. The molecule has 0 aliphatic rings. The molecule has 0 aromatic rings. The highest BCUT2D eigenvalue weighted by Crippen LogP contribution is 2.20.